The van der Waals surface area contributed by atoms with Gasteiger partial charge in [-0.1, -0.05) is 83.8 Å². The van der Waals surface area contributed by atoms with Gasteiger partial charge in [0, 0.05) is 0 Å². The van der Waals surface area contributed by atoms with Crippen LogP contribution in [0.3, 0.4) is 0 Å². The molecule has 0 bridgehead atoms. The van der Waals surface area contributed by atoms with E-state index >= 15 is 0 Å². The van der Waals surface area contributed by atoms with Crippen LogP contribution in [-0.2, 0) is 0 Å². The fourth-order valence-corrected chi connectivity index (χ4v) is 2.19. The summed E-state index contributed by atoms with van der Waals surface area (Å²) < 4.78 is 0. The highest BCUT2D eigenvalue weighted by atomic mass is 14.0. The molecule has 0 aromatic rings. The first-order chi connectivity index (χ1) is 8.31. The van der Waals surface area contributed by atoms with E-state index in [2.05, 4.69) is 20.4 Å². The van der Waals surface area contributed by atoms with Crippen LogP contribution in [-0.4, -0.2) is 0 Å². The molecule has 0 saturated heterocycles. The van der Waals surface area contributed by atoms with Gasteiger partial charge in [-0.05, 0) is 25.7 Å². The largest absolute Gasteiger partial charge is 0.0999 e. The molecule has 0 heteroatoms. The van der Waals surface area contributed by atoms with Crippen LogP contribution < -0.4 is 0 Å². The Hall–Kier alpha value is -0.260. The minimum Gasteiger partial charge on any atom is -0.0999 e. The van der Waals surface area contributed by atoms with E-state index in [1.165, 1.54) is 82.6 Å². The third-order valence-electron chi connectivity index (χ3n) is 3.41. The molecule has 101 valence electrons. The van der Waals surface area contributed by atoms with Crippen molar-refractivity contribution in [3.8, 4) is 0 Å². The summed E-state index contributed by atoms with van der Waals surface area (Å²) in [4.78, 5) is 0. The van der Waals surface area contributed by atoms with E-state index in [4.69, 9.17) is 0 Å². The Morgan fingerprint density at radius 1 is 0.706 bits per heavy atom. The third kappa shape index (κ3) is 13.7. The smallest absolute Gasteiger partial charge is 0.0323 e. The van der Waals surface area contributed by atoms with E-state index in [0.717, 1.165) is 6.42 Å². The van der Waals surface area contributed by atoms with Gasteiger partial charge in [-0.15, -0.1) is 0 Å². The Kier molecular flexibility index (Phi) is 13.6. The predicted molar refractivity (Wildman–Crippen MR) is 80.2 cm³/mol. The molecule has 0 aliphatic carbocycles. The average molecular weight is 237 g/mol. The Labute approximate surface area is 110 Å². The minimum atomic E-state index is 1.09. The zero-order valence-electron chi connectivity index (χ0n) is 12.1. The minimum absolute atomic E-state index is 1.09. The molecule has 0 aliphatic rings. The predicted octanol–water partition coefficient (Wildman–Crippen LogP) is 6.47. The SMILES string of the molecule is [CH2]CCCCCC(=C)CCCCCCCCC. The maximum absolute atomic E-state index is 4.18. The van der Waals surface area contributed by atoms with Crippen LogP contribution in [0.15, 0.2) is 12.2 Å². The lowest BCUT2D eigenvalue weighted by Crippen LogP contribution is -1.85. The van der Waals surface area contributed by atoms with Crippen LogP contribution in [0.4, 0.5) is 0 Å². The molecule has 0 atom stereocenters. The van der Waals surface area contributed by atoms with Gasteiger partial charge in [0.1, 0.15) is 0 Å². The number of hydrogen-bond donors (Lipinski definition) is 0. The Morgan fingerprint density at radius 2 is 1.18 bits per heavy atom. The van der Waals surface area contributed by atoms with Gasteiger partial charge in [0.25, 0.3) is 0 Å². The van der Waals surface area contributed by atoms with Gasteiger partial charge in [0.15, 0.2) is 0 Å². The molecule has 0 nitrogen and oxygen atoms in total. The monoisotopic (exact) mass is 237 g/mol. The fourth-order valence-electron chi connectivity index (χ4n) is 2.19. The molecule has 0 rings (SSSR count). The second-order valence-electron chi connectivity index (χ2n) is 5.29. The van der Waals surface area contributed by atoms with Crippen molar-refractivity contribution < 1.29 is 0 Å². The summed E-state index contributed by atoms with van der Waals surface area (Å²) in [5.41, 5.74) is 1.47. The van der Waals surface area contributed by atoms with Crippen molar-refractivity contribution in [3.63, 3.8) is 0 Å². The topological polar surface area (TPSA) is 0 Å². The van der Waals surface area contributed by atoms with Gasteiger partial charge in [-0.2, -0.15) is 0 Å². The molecule has 0 heterocycles. The van der Waals surface area contributed by atoms with Crippen LogP contribution >= 0.6 is 0 Å². The van der Waals surface area contributed by atoms with Crippen molar-refractivity contribution in [2.45, 2.75) is 90.4 Å². The summed E-state index contributed by atoms with van der Waals surface area (Å²) in [6.07, 6.45) is 17.4. The van der Waals surface area contributed by atoms with E-state index in [9.17, 15) is 0 Å². The van der Waals surface area contributed by atoms with Crippen molar-refractivity contribution in [2.75, 3.05) is 0 Å². The summed E-state index contributed by atoms with van der Waals surface area (Å²) in [7, 11) is 0. The molecule has 0 spiro atoms. The number of hydrogen-bond acceptors (Lipinski definition) is 0. The summed E-state index contributed by atoms with van der Waals surface area (Å²) in [6, 6.07) is 0. The lowest BCUT2D eigenvalue weighted by Gasteiger charge is -2.05. The van der Waals surface area contributed by atoms with Crippen LogP contribution in [0.25, 0.3) is 0 Å². The van der Waals surface area contributed by atoms with Gasteiger partial charge < -0.3 is 0 Å². The second kappa shape index (κ2) is 13.8. The molecule has 0 aromatic carbocycles. The van der Waals surface area contributed by atoms with Crippen molar-refractivity contribution in [1.82, 2.24) is 0 Å². The number of unbranched alkanes of at least 4 members (excludes halogenated alkanes) is 9. The van der Waals surface area contributed by atoms with Gasteiger partial charge >= 0.3 is 0 Å². The normalized spacial score (nSPS) is 10.7. The first-order valence-corrected chi connectivity index (χ1v) is 7.77. The highest BCUT2D eigenvalue weighted by Gasteiger charge is 1.96. The molecular weight excluding hydrogens is 204 g/mol. The average Bonchev–Trinajstić information content (AvgIpc) is 2.33. The van der Waals surface area contributed by atoms with Gasteiger partial charge in [0.2, 0.25) is 0 Å². The summed E-state index contributed by atoms with van der Waals surface area (Å²) in [6.45, 7) is 10.3. The highest BCUT2D eigenvalue weighted by Crippen LogP contribution is 2.16. The quantitative estimate of drug-likeness (QED) is 0.254. The van der Waals surface area contributed by atoms with Crippen LogP contribution in [0.1, 0.15) is 90.4 Å². The van der Waals surface area contributed by atoms with Crippen LogP contribution in [0.5, 0.6) is 0 Å². The van der Waals surface area contributed by atoms with E-state index in [0.29, 0.717) is 0 Å². The number of rotatable bonds is 13. The summed E-state index contributed by atoms with van der Waals surface area (Å²) in [5.74, 6) is 0. The van der Waals surface area contributed by atoms with Crippen molar-refractivity contribution in [2.24, 2.45) is 0 Å². The van der Waals surface area contributed by atoms with Crippen molar-refractivity contribution in [1.29, 1.82) is 0 Å². The molecule has 0 N–H and O–H groups in total. The first-order valence-electron chi connectivity index (χ1n) is 7.77. The van der Waals surface area contributed by atoms with E-state index in [-0.39, 0.29) is 0 Å². The highest BCUT2D eigenvalue weighted by molar-refractivity contribution is 4.93. The summed E-state index contributed by atoms with van der Waals surface area (Å²) in [5, 5.41) is 0. The Balaban J connectivity index is 3.11. The van der Waals surface area contributed by atoms with Crippen molar-refractivity contribution in [3.05, 3.63) is 19.1 Å². The Morgan fingerprint density at radius 3 is 1.71 bits per heavy atom. The van der Waals surface area contributed by atoms with Crippen LogP contribution in [0.2, 0.25) is 0 Å². The third-order valence-corrected chi connectivity index (χ3v) is 3.41. The lowest BCUT2D eigenvalue weighted by atomic mass is 10.0. The van der Waals surface area contributed by atoms with Gasteiger partial charge in [-0.25, -0.2) is 0 Å². The number of allylic oxidation sites excluding steroid dienone is 1. The lowest BCUT2D eigenvalue weighted by molar-refractivity contribution is 0.582. The fraction of sp³-hybridized carbons (Fsp3) is 0.824. The molecule has 0 saturated carbocycles. The zero-order chi connectivity index (χ0) is 12.8. The van der Waals surface area contributed by atoms with E-state index in [1.54, 1.807) is 0 Å². The Bertz CT molecular complexity index is 157. The second-order valence-corrected chi connectivity index (χ2v) is 5.29. The first kappa shape index (κ1) is 16.7. The maximum atomic E-state index is 4.18. The van der Waals surface area contributed by atoms with E-state index in [1.807, 2.05) is 0 Å². The zero-order valence-corrected chi connectivity index (χ0v) is 12.1. The van der Waals surface area contributed by atoms with Gasteiger partial charge in [-0.3, -0.25) is 0 Å². The molecule has 0 aromatic heterocycles. The molecule has 0 aliphatic heterocycles. The molecule has 0 fully saturated rings. The van der Waals surface area contributed by atoms with Gasteiger partial charge in [0.05, 0.1) is 0 Å². The summed E-state index contributed by atoms with van der Waals surface area (Å²) >= 11 is 0. The maximum Gasteiger partial charge on any atom is -0.0323 e. The molecule has 17 heavy (non-hydrogen) atoms. The molecule has 1 radical (unpaired) electrons. The standard InChI is InChI=1S/C17H33/c1-4-6-8-10-11-12-14-16-17(3)15-13-9-7-5-2/h2-16H2,1H3. The van der Waals surface area contributed by atoms with Crippen molar-refractivity contribution >= 4 is 0 Å². The van der Waals surface area contributed by atoms with E-state index < -0.39 is 0 Å². The van der Waals surface area contributed by atoms with Crippen LogP contribution in [0, 0.1) is 6.92 Å². The molecule has 0 unspecified atom stereocenters. The molecule has 0 amide bonds. The molecular formula is C17H33.